The van der Waals surface area contributed by atoms with Crippen molar-refractivity contribution in [3.63, 3.8) is 0 Å². The fraction of sp³-hybridized carbons (Fsp3) is 0.0909. The minimum Gasteiger partial charge on any atom is -0.455 e. The third-order valence-corrected chi connectivity index (χ3v) is 11.4. The van der Waals surface area contributed by atoms with Gasteiger partial charge in [0.2, 0.25) is 5.69 Å². The number of ether oxygens (including phenoxy) is 2. The van der Waals surface area contributed by atoms with E-state index >= 15 is 0 Å². The van der Waals surface area contributed by atoms with Crippen molar-refractivity contribution in [3.8, 4) is 56.8 Å². The van der Waals surface area contributed by atoms with Gasteiger partial charge >= 0.3 is 11.5 Å². The number of para-hydroxylation sites is 1. The normalized spacial score (nSPS) is 18.1. The highest BCUT2D eigenvalue weighted by Crippen LogP contribution is 2.64. The number of aromatic nitrogens is 2. The van der Waals surface area contributed by atoms with Crippen LogP contribution in [-0.2, 0) is 11.1 Å². The highest BCUT2D eigenvalue weighted by Gasteiger charge is 2.74. The molecule has 0 radical (unpaired) electrons. The molecule has 49 heavy (non-hydrogen) atoms. The smallest absolute Gasteiger partial charge is 0.381 e. The molecule has 5 aliphatic heterocycles. The minimum absolute atomic E-state index is 0.243. The molecule has 0 saturated heterocycles. The van der Waals surface area contributed by atoms with E-state index in [1.54, 1.807) is 0 Å². The van der Waals surface area contributed by atoms with Crippen LogP contribution in [0.15, 0.2) is 140 Å². The Morgan fingerprint density at radius 2 is 1.14 bits per heavy atom. The van der Waals surface area contributed by atoms with Gasteiger partial charge in [-0.3, -0.25) is 0 Å². The van der Waals surface area contributed by atoms with Crippen LogP contribution in [-0.4, -0.2) is 0 Å². The van der Waals surface area contributed by atoms with Crippen LogP contribution in [0.3, 0.4) is 0 Å². The first-order chi connectivity index (χ1) is 24.0. The molecule has 5 aromatic carbocycles. The predicted molar refractivity (Wildman–Crippen MR) is 188 cm³/mol. The summed E-state index contributed by atoms with van der Waals surface area (Å²) in [5.41, 5.74) is 13.0. The number of hydrogen-bond donors (Lipinski definition) is 0. The molecule has 0 N–H and O–H groups in total. The lowest BCUT2D eigenvalue weighted by Gasteiger charge is -2.45. The quantitative estimate of drug-likeness (QED) is 0.178. The zero-order valence-electron chi connectivity index (χ0n) is 26.9. The van der Waals surface area contributed by atoms with Crippen LogP contribution in [0.1, 0.15) is 36.1 Å². The standard InChI is InChI=1S/C44H29N3O2/c1-43(2)30-16-9-10-17-32(30)45-38-24-28(26-12-5-3-6-13-26)22-33-34-23-29(27-14-7-4-8-15-27)25-39-47(34)44(46(33)38)40-35(18-11-19-36(40)49-39)48-37-21-20-31(43)42(45)41(37)44/h3-25H,1-2H3/q+2. The van der Waals surface area contributed by atoms with E-state index < -0.39 is 5.66 Å². The number of hydrogen-bond acceptors (Lipinski definition) is 3. The number of rotatable bonds is 2. The maximum atomic E-state index is 6.94. The molecule has 5 aliphatic rings. The molecule has 1 spiro atoms. The van der Waals surface area contributed by atoms with Gasteiger partial charge < -0.3 is 9.47 Å². The van der Waals surface area contributed by atoms with Crippen LogP contribution < -0.4 is 23.5 Å². The summed E-state index contributed by atoms with van der Waals surface area (Å²) >= 11 is 0. The molecule has 0 bridgehead atoms. The number of benzene rings is 5. The van der Waals surface area contributed by atoms with Gasteiger partial charge in [0.25, 0.3) is 11.5 Å². The molecular formula is C44H29N3O2+2. The van der Waals surface area contributed by atoms with Crippen molar-refractivity contribution < 1.29 is 18.6 Å². The van der Waals surface area contributed by atoms with Crippen molar-refractivity contribution in [3.05, 3.63) is 162 Å². The van der Waals surface area contributed by atoms with Gasteiger partial charge in [0, 0.05) is 34.7 Å². The van der Waals surface area contributed by atoms with Gasteiger partial charge in [0.15, 0.2) is 22.6 Å². The maximum Gasteiger partial charge on any atom is 0.381 e. The zero-order chi connectivity index (χ0) is 32.2. The molecule has 0 amide bonds. The molecular weight excluding hydrogens is 603 g/mol. The average Bonchev–Trinajstić information content (AvgIpc) is 3.43. The van der Waals surface area contributed by atoms with Crippen molar-refractivity contribution in [2.24, 2.45) is 0 Å². The summed E-state index contributed by atoms with van der Waals surface area (Å²) in [5.74, 6) is 4.44. The SMILES string of the molecule is CC1(C)c2ccccc2N2c3c1ccc1c3C34c5c(cccc5Oc5cc(-c6ccccc6)cc([n+]53)-c3cc(-c5ccccc5)cc2[n+]34)O1. The molecule has 7 heterocycles. The summed E-state index contributed by atoms with van der Waals surface area (Å²) in [4.78, 5) is 2.51. The van der Waals surface area contributed by atoms with E-state index in [0.29, 0.717) is 0 Å². The molecule has 1 unspecified atom stereocenters. The van der Waals surface area contributed by atoms with E-state index in [1.165, 1.54) is 33.6 Å². The van der Waals surface area contributed by atoms with Crippen molar-refractivity contribution in [2.75, 3.05) is 4.90 Å². The molecule has 0 saturated carbocycles. The second-order valence-electron chi connectivity index (χ2n) is 14.2. The Morgan fingerprint density at radius 1 is 0.510 bits per heavy atom. The van der Waals surface area contributed by atoms with Crippen LogP contribution in [0, 0.1) is 0 Å². The lowest BCUT2D eigenvalue weighted by atomic mass is 9.70. The fourth-order valence-corrected chi connectivity index (χ4v) is 9.40. The Kier molecular flexibility index (Phi) is 4.45. The minimum atomic E-state index is -0.762. The predicted octanol–water partition coefficient (Wildman–Crippen LogP) is 9.51. The first-order valence-electron chi connectivity index (χ1n) is 16.9. The van der Waals surface area contributed by atoms with Gasteiger partial charge in [0.05, 0.1) is 6.07 Å². The molecule has 1 atom stereocenters. The molecule has 0 aliphatic carbocycles. The van der Waals surface area contributed by atoms with Gasteiger partial charge in [-0.2, -0.15) is 4.90 Å². The second-order valence-corrected chi connectivity index (χ2v) is 14.2. The van der Waals surface area contributed by atoms with Crippen LogP contribution >= 0.6 is 0 Å². The van der Waals surface area contributed by atoms with Gasteiger partial charge in [-0.1, -0.05) is 105 Å². The lowest BCUT2D eigenvalue weighted by Crippen LogP contribution is -2.75. The maximum absolute atomic E-state index is 6.94. The molecule has 12 rings (SSSR count). The van der Waals surface area contributed by atoms with Gasteiger partial charge in [-0.05, 0) is 46.5 Å². The van der Waals surface area contributed by atoms with Crippen molar-refractivity contribution in [1.82, 2.24) is 0 Å². The van der Waals surface area contributed by atoms with Gasteiger partial charge in [0.1, 0.15) is 17.2 Å². The van der Waals surface area contributed by atoms with Crippen molar-refractivity contribution >= 4 is 17.2 Å². The lowest BCUT2D eigenvalue weighted by molar-refractivity contribution is -0.936. The Morgan fingerprint density at radius 3 is 1.90 bits per heavy atom. The number of pyridine rings is 2. The average molecular weight is 632 g/mol. The summed E-state index contributed by atoms with van der Waals surface area (Å²) < 4.78 is 18.9. The van der Waals surface area contributed by atoms with E-state index in [-0.39, 0.29) is 5.41 Å². The fourth-order valence-electron chi connectivity index (χ4n) is 9.40. The van der Waals surface area contributed by atoms with Crippen LogP contribution in [0.5, 0.6) is 23.1 Å². The third kappa shape index (κ3) is 2.87. The van der Waals surface area contributed by atoms with Crippen LogP contribution in [0.25, 0.3) is 33.6 Å². The molecule has 0 fully saturated rings. The van der Waals surface area contributed by atoms with Gasteiger partial charge in [-0.15, -0.1) is 9.13 Å². The number of fused-ring (bicyclic) bond motifs is 4. The summed E-state index contributed by atoms with van der Waals surface area (Å²) in [6.45, 7) is 4.71. The van der Waals surface area contributed by atoms with Crippen molar-refractivity contribution in [2.45, 2.75) is 24.9 Å². The highest BCUT2D eigenvalue weighted by molar-refractivity contribution is 5.91. The Balaban J connectivity index is 1.32. The van der Waals surface area contributed by atoms with Gasteiger partial charge in [-0.25, -0.2) is 0 Å². The summed E-state index contributed by atoms with van der Waals surface area (Å²) in [6, 6.07) is 50.3. The van der Waals surface area contributed by atoms with Crippen LogP contribution in [0.4, 0.5) is 17.2 Å². The zero-order valence-corrected chi connectivity index (χ0v) is 26.9. The van der Waals surface area contributed by atoms with E-state index in [1.807, 2.05) is 6.07 Å². The first kappa shape index (κ1) is 25.8. The summed E-state index contributed by atoms with van der Waals surface area (Å²) in [6.07, 6.45) is 0. The Bertz CT molecular complexity index is 2650. The monoisotopic (exact) mass is 631 g/mol. The van der Waals surface area contributed by atoms with Crippen LogP contribution in [0.2, 0.25) is 0 Å². The molecule has 2 aromatic heterocycles. The number of nitrogens with zero attached hydrogens (tertiary/aromatic N) is 3. The molecule has 230 valence electrons. The Hall–Kier alpha value is -6.20. The highest BCUT2D eigenvalue weighted by atomic mass is 16.5. The first-order valence-corrected chi connectivity index (χ1v) is 16.9. The number of anilines is 3. The third-order valence-electron chi connectivity index (χ3n) is 11.4. The largest absolute Gasteiger partial charge is 0.455 e. The summed E-state index contributed by atoms with van der Waals surface area (Å²) in [5, 5.41) is 0. The van der Waals surface area contributed by atoms with E-state index in [0.717, 1.165) is 62.6 Å². The molecule has 5 nitrogen and oxygen atoms in total. The van der Waals surface area contributed by atoms with E-state index in [2.05, 4.69) is 161 Å². The van der Waals surface area contributed by atoms with E-state index in [9.17, 15) is 0 Å². The van der Waals surface area contributed by atoms with Crippen molar-refractivity contribution in [1.29, 1.82) is 0 Å². The topological polar surface area (TPSA) is 29.5 Å². The molecule has 5 heteroatoms. The van der Waals surface area contributed by atoms with E-state index in [4.69, 9.17) is 9.47 Å². The molecule has 7 aromatic rings. The Labute approximate surface area is 283 Å². The summed E-state index contributed by atoms with van der Waals surface area (Å²) in [7, 11) is 0. The second kappa shape index (κ2) is 8.44.